The number of nitrogens with zero attached hydrogens (tertiary/aromatic N) is 8. The van der Waals surface area contributed by atoms with Crippen LogP contribution < -0.4 is 30.0 Å². The average molecular weight is 989 g/mol. The van der Waals surface area contributed by atoms with Crippen molar-refractivity contribution in [3.05, 3.63) is 72.8 Å². The van der Waals surface area contributed by atoms with Gasteiger partial charge in [0, 0.05) is 59.0 Å². The number of rotatable bonds is 27. The Hall–Kier alpha value is -4.11. The molecule has 0 fully saturated rings. The van der Waals surface area contributed by atoms with Gasteiger partial charge in [-0.1, -0.05) is 83.1 Å². The molecule has 9 atom stereocenters. The van der Waals surface area contributed by atoms with Crippen molar-refractivity contribution in [2.45, 2.75) is 251 Å². The topological polar surface area (TPSA) is 47.1 Å². The Bertz CT molecular complexity index is 2080. The van der Waals surface area contributed by atoms with Gasteiger partial charge in [0.2, 0.25) is 18.5 Å². The van der Waals surface area contributed by atoms with Gasteiger partial charge in [0.15, 0.2) is 0 Å². The Morgan fingerprint density at radius 3 is 1.36 bits per heavy atom. The number of aliphatic imine (C=N–C) groups is 1. The van der Waals surface area contributed by atoms with Crippen LogP contribution in [0.3, 0.4) is 0 Å². The molecular weight excluding hydrogens is 883 g/mol. The molecule has 9 nitrogen and oxygen atoms in total. The van der Waals surface area contributed by atoms with Crippen LogP contribution in [0, 0.1) is 35.5 Å². The minimum Gasteiger partial charge on any atom is -0.383 e. The lowest BCUT2D eigenvalue weighted by Gasteiger charge is -2.61. The molecule has 1 N–H and O–H groups in total. The van der Waals surface area contributed by atoms with Crippen LogP contribution in [0.1, 0.15) is 202 Å². The van der Waals surface area contributed by atoms with E-state index in [0.29, 0.717) is 41.5 Å². The van der Waals surface area contributed by atoms with E-state index in [9.17, 15) is 0 Å². The van der Waals surface area contributed by atoms with Gasteiger partial charge in [0.25, 0.3) is 0 Å². The van der Waals surface area contributed by atoms with Gasteiger partial charge in [-0.3, -0.25) is 10.0 Å². The lowest BCUT2D eigenvalue weighted by Crippen LogP contribution is -2.79. The Labute approximate surface area is 442 Å². The van der Waals surface area contributed by atoms with E-state index in [0.717, 1.165) is 76.6 Å². The molecule has 0 saturated heterocycles. The minimum absolute atomic E-state index is 0.179. The monoisotopic (exact) mass is 988 g/mol. The van der Waals surface area contributed by atoms with Crippen LogP contribution in [-0.2, 0) is 0 Å². The summed E-state index contributed by atoms with van der Waals surface area (Å²) in [6.45, 7) is 43.2. The van der Waals surface area contributed by atoms with E-state index in [-0.39, 0.29) is 36.5 Å². The first-order valence-corrected chi connectivity index (χ1v) is 29.3. The fourth-order valence-corrected chi connectivity index (χ4v) is 11.3. The highest BCUT2D eigenvalue weighted by Crippen LogP contribution is 2.45. The number of benzene rings is 3. The van der Waals surface area contributed by atoms with Crippen molar-refractivity contribution in [1.82, 2.24) is 10.0 Å². The maximum absolute atomic E-state index is 6.49. The number of anilines is 6. The van der Waals surface area contributed by atoms with Gasteiger partial charge < -0.3 is 20.0 Å². The van der Waals surface area contributed by atoms with Crippen molar-refractivity contribution in [3.8, 4) is 0 Å². The number of guanidine groups is 1. The second-order valence-electron chi connectivity index (χ2n) is 25.4. The number of hydrazine groups is 2. The molecule has 8 bridgehead atoms. The van der Waals surface area contributed by atoms with Crippen LogP contribution in [-0.4, -0.2) is 64.8 Å². The van der Waals surface area contributed by atoms with Gasteiger partial charge in [-0.25, -0.2) is 10.0 Å². The summed E-state index contributed by atoms with van der Waals surface area (Å²) in [5, 5.41) is 14.8. The van der Waals surface area contributed by atoms with E-state index in [4.69, 9.17) is 4.99 Å². The molecule has 3 aromatic carbocycles. The Kier molecular flexibility index (Phi) is 20.6. The zero-order valence-electron chi connectivity index (χ0n) is 49.1. The van der Waals surface area contributed by atoms with Crippen LogP contribution in [0.2, 0.25) is 0 Å². The molecule has 5 heterocycles. The maximum atomic E-state index is 6.49. The molecule has 8 rings (SSSR count). The summed E-state index contributed by atoms with van der Waals surface area (Å²) in [4.78, 5) is 14.7. The zero-order valence-corrected chi connectivity index (χ0v) is 49.1. The van der Waals surface area contributed by atoms with Gasteiger partial charge in [-0.05, 0) is 227 Å². The number of hydrogen-bond acceptors (Lipinski definition) is 9. The second kappa shape index (κ2) is 25.9. The van der Waals surface area contributed by atoms with Gasteiger partial charge in [-0.15, -0.1) is 5.01 Å². The molecule has 9 heteroatoms. The number of hydrogen-bond donors (Lipinski definition) is 1. The van der Waals surface area contributed by atoms with E-state index < -0.39 is 6.29 Å². The first kappa shape index (κ1) is 57.2. The average Bonchev–Trinajstić information content (AvgIpc) is 3.43. The zero-order chi connectivity index (χ0) is 52.6. The smallest absolute Gasteiger partial charge is 0.227 e. The molecule has 9 unspecified atom stereocenters. The second-order valence-corrected chi connectivity index (χ2v) is 25.4. The van der Waals surface area contributed by atoms with Crippen LogP contribution in [0.5, 0.6) is 0 Å². The summed E-state index contributed by atoms with van der Waals surface area (Å²) in [5.74, 6) is 4.70. The molecule has 0 aliphatic carbocycles. The number of fused-ring (bicyclic) bond motifs is 4. The first-order chi connectivity index (χ1) is 34.2. The molecule has 0 saturated carbocycles. The summed E-state index contributed by atoms with van der Waals surface area (Å²) in [5.41, 5.74) is 7.33. The highest BCUT2D eigenvalue weighted by atomic mass is 15.9. The SMILES string of the molecule is CC(C)CCC(C)Nc1ccc(N(C(C)CCC(C)C)C2N=C3N(C(C)CCC(C)C)c4ccc(cc4)N(C(C)CCC(C)C)C4N3N(C(C)CCC(C)C)c3ccc(cc3)N(C(C)CCC(C)C)N24)cc1. The van der Waals surface area contributed by atoms with Gasteiger partial charge in [0.1, 0.15) is 0 Å². The number of nitrogens with one attached hydrogen (secondary N) is 1. The molecule has 402 valence electrons. The van der Waals surface area contributed by atoms with E-state index >= 15 is 0 Å². The van der Waals surface area contributed by atoms with Crippen LogP contribution in [0.4, 0.5) is 34.1 Å². The van der Waals surface area contributed by atoms with Crippen molar-refractivity contribution in [2.24, 2.45) is 40.5 Å². The molecule has 5 aliphatic rings. The summed E-state index contributed by atoms with van der Waals surface area (Å²) in [6, 6.07) is 30.3. The van der Waals surface area contributed by atoms with Gasteiger partial charge >= 0.3 is 0 Å². The molecule has 0 radical (unpaired) electrons. The fourth-order valence-electron chi connectivity index (χ4n) is 11.3. The minimum atomic E-state index is -0.392. The molecule has 3 aromatic rings. The highest BCUT2D eigenvalue weighted by Gasteiger charge is 2.54. The fraction of sp³-hybridized carbons (Fsp3) is 0.698. The third-order valence-electron chi connectivity index (χ3n) is 15.9. The van der Waals surface area contributed by atoms with Gasteiger partial charge in [0.05, 0.1) is 11.4 Å². The van der Waals surface area contributed by atoms with Crippen molar-refractivity contribution in [2.75, 3.05) is 30.0 Å². The van der Waals surface area contributed by atoms with E-state index in [1.807, 2.05) is 0 Å². The lowest BCUT2D eigenvalue weighted by molar-refractivity contribution is -0.00521. The predicted molar refractivity (Wildman–Crippen MR) is 315 cm³/mol. The lowest BCUT2D eigenvalue weighted by atomic mass is 10.0. The van der Waals surface area contributed by atoms with E-state index in [1.54, 1.807) is 0 Å². The normalized spacial score (nSPS) is 20.4. The van der Waals surface area contributed by atoms with E-state index in [2.05, 4.69) is 237 Å². The maximum Gasteiger partial charge on any atom is 0.227 e. The summed E-state index contributed by atoms with van der Waals surface area (Å²) >= 11 is 0. The standard InChI is InChI=1S/C63H105N9/c1-43(2)19-25-49(13)64-55-31-33-56(34-32-55)66(50(14)26-20-44(3)4)61-65-62-67(51(15)27-21-45(5)6)57-35-37-58(38-36-57)68(52(16)28-22-46(7)8)63-71(61)69(53(17)29-23-47(9)10)59-39-41-60(42-40-59)70(72(62)63)54(18)30-24-48(11)12/h31-54,61,63-64H,19-30H2,1-18H3. The molecule has 72 heavy (non-hydrogen) atoms. The van der Waals surface area contributed by atoms with Crippen molar-refractivity contribution in [1.29, 1.82) is 0 Å². The molecule has 0 spiro atoms. The molecule has 5 aliphatic heterocycles. The molecular formula is C63H105N9. The molecule has 0 aromatic heterocycles. The van der Waals surface area contributed by atoms with E-state index in [1.165, 1.54) is 40.5 Å². The van der Waals surface area contributed by atoms with Crippen molar-refractivity contribution in [3.63, 3.8) is 0 Å². The van der Waals surface area contributed by atoms with Crippen LogP contribution >= 0.6 is 0 Å². The van der Waals surface area contributed by atoms with Crippen LogP contribution in [0.15, 0.2) is 77.8 Å². The first-order valence-electron chi connectivity index (χ1n) is 29.3. The Morgan fingerprint density at radius 1 is 0.431 bits per heavy atom. The third kappa shape index (κ3) is 14.2. The van der Waals surface area contributed by atoms with Crippen LogP contribution in [0.25, 0.3) is 0 Å². The largest absolute Gasteiger partial charge is 0.383 e. The third-order valence-corrected chi connectivity index (χ3v) is 15.9. The Balaban J connectivity index is 1.74. The highest BCUT2D eigenvalue weighted by molar-refractivity contribution is 5.99. The summed E-state index contributed by atoms with van der Waals surface area (Å²) in [6.07, 6.45) is 12.8. The summed E-state index contributed by atoms with van der Waals surface area (Å²) in [7, 11) is 0. The quantitative estimate of drug-likeness (QED) is 0.0811. The predicted octanol–water partition coefficient (Wildman–Crippen LogP) is 16.9. The Morgan fingerprint density at radius 2 is 0.847 bits per heavy atom. The summed E-state index contributed by atoms with van der Waals surface area (Å²) < 4.78 is 0. The van der Waals surface area contributed by atoms with Crippen molar-refractivity contribution < 1.29 is 0 Å². The van der Waals surface area contributed by atoms with Gasteiger partial charge in [-0.2, -0.15) is 0 Å². The van der Waals surface area contributed by atoms with Crippen molar-refractivity contribution >= 4 is 40.1 Å². The molecule has 0 amide bonds.